The van der Waals surface area contributed by atoms with Gasteiger partial charge in [0.1, 0.15) is 0 Å². The molecule has 0 aliphatic carbocycles. The maximum absolute atomic E-state index is 12.8. The van der Waals surface area contributed by atoms with Crippen LogP contribution in [0.25, 0.3) is 0 Å². The van der Waals surface area contributed by atoms with Gasteiger partial charge in [-0.25, -0.2) is 0 Å². The molecule has 2 aromatic rings. The number of carbonyl (C=O) groups excluding carboxylic acids is 1. The molecular formula is C21H26N2O. The molecule has 0 bridgehead atoms. The van der Waals surface area contributed by atoms with Crippen molar-refractivity contribution >= 4 is 5.91 Å². The van der Waals surface area contributed by atoms with Gasteiger partial charge in [0.15, 0.2) is 0 Å². The summed E-state index contributed by atoms with van der Waals surface area (Å²) in [6.45, 7) is 6.36. The van der Waals surface area contributed by atoms with Crippen molar-refractivity contribution in [1.82, 2.24) is 10.2 Å². The first kappa shape index (κ1) is 16.7. The van der Waals surface area contributed by atoms with Crippen LogP contribution in [0.15, 0.2) is 54.6 Å². The van der Waals surface area contributed by atoms with Crippen molar-refractivity contribution in [1.29, 1.82) is 0 Å². The van der Waals surface area contributed by atoms with Gasteiger partial charge in [-0.1, -0.05) is 68.4 Å². The van der Waals surface area contributed by atoms with Gasteiger partial charge in [-0.15, -0.1) is 0 Å². The monoisotopic (exact) mass is 322 g/mol. The molecule has 0 fully saturated rings. The van der Waals surface area contributed by atoms with Crippen LogP contribution in [0.3, 0.4) is 0 Å². The Bertz CT molecular complexity index is 681. The summed E-state index contributed by atoms with van der Waals surface area (Å²) >= 11 is 0. The minimum atomic E-state index is 0.0181. The van der Waals surface area contributed by atoms with Crippen LogP contribution in [-0.2, 0) is 11.2 Å². The standard InChI is InChI=1S/C21H26N2O/c1-16(2)14-22-15-20(24)23-13-12-17-8-6-7-11-19(17)21(23)18-9-4-3-5-10-18/h3-11,16,21-22H,12-15H2,1-2H3/t21-/m1/s1. The van der Waals surface area contributed by atoms with E-state index >= 15 is 0 Å². The largest absolute Gasteiger partial charge is 0.330 e. The minimum absolute atomic E-state index is 0.0181. The molecule has 1 atom stereocenters. The molecule has 24 heavy (non-hydrogen) atoms. The van der Waals surface area contributed by atoms with Gasteiger partial charge < -0.3 is 10.2 Å². The van der Waals surface area contributed by atoms with Crippen LogP contribution in [0.4, 0.5) is 0 Å². The molecule has 1 heterocycles. The van der Waals surface area contributed by atoms with Crippen LogP contribution in [0.5, 0.6) is 0 Å². The third kappa shape index (κ3) is 3.68. The zero-order valence-corrected chi connectivity index (χ0v) is 14.5. The Morgan fingerprint density at radius 3 is 2.58 bits per heavy atom. The van der Waals surface area contributed by atoms with Gasteiger partial charge in [0, 0.05) is 6.54 Å². The second kappa shape index (κ2) is 7.63. The average Bonchev–Trinajstić information content (AvgIpc) is 2.61. The summed E-state index contributed by atoms with van der Waals surface area (Å²) in [7, 11) is 0. The number of fused-ring (bicyclic) bond motifs is 1. The van der Waals surface area contributed by atoms with E-state index in [9.17, 15) is 4.79 Å². The summed E-state index contributed by atoms with van der Waals surface area (Å²) in [5.74, 6) is 0.726. The number of benzene rings is 2. The maximum Gasteiger partial charge on any atom is 0.237 e. The Kier molecular flexibility index (Phi) is 5.31. The molecule has 3 nitrogen and oxygen atoms in total. The summed E-state index contributed by atoms with van der Waals surface area (Å²) in [6, 6.07) is 18.9. The molecule has 0 radical (unpaired) electrons. The first-order valence-electron chi connectivity index (χ1n) is 8.79. The number of hydrogen-bond acceptors (Lipinski definition) is 2. The lowest BCUT2D eigenvalue weighted by atomic mass is 9.88. The Balaban J connectivity index is 1.87. The Hall–Kier alpha value is -2.13. The zero-order valence-electron chi connectivity index (χ0n) is 14.5. The molecule has 0 spiro atoms. The predicted octanol–water partition coefficient (Wildman–Crippen LogP) is 3.41. The molecule has 1 amide bonds. The highest BCUT2D eigenvalue weighted by atomic mass is 16.2. The average molecular weight is 322 g/mol. The lowest BCUT2D eigenvalue weighted by molar-refractivity contribution is -0.132. The van der Waals surface area contributed by atoms with Gasteiger partial charge in [0.05, 0.1) is 12.6 Å². The van der Waals surface area contributed by atoms with Crippen molar-refractivity contribution in [3.63, 3.8) is 0 Å². The fourth-order valence-corrected chi connectivity index (χ4v) is 3.40. The van der Waals surface area contributed by atoms with Crippen LogP contribution in [0.2, 0.25) is 0 Å². The topological polar surface area (TPSA) is 32.3 Å². The van der Waals surface area contributed by atoms with Gasteiger partial charge in [0.25, 0.3) is 0 Å². The second-order valence-electron chi connectivity index (χ2n) is 6.87. The Morgan fingerprint density at radius 1 is 1.12 bits per heavy atom. The van der Waals surface area contributed by atoms with E-state index in [1.54, 1.807) is 0 Å². The van der Waals surface area contributed by atoms with Crippen LogP contribution in [0.1, 0.15) is 36.6 Å². The zero-order chi connectivity index (χ0) is 16.9. The highest BCUT2D eigenvalue weighted by Crippen LogP contribution is 2.34. The fraction of sp³-hybridized carbons (Fsp3) is 0.381. The van der Waals surface area contributed by atoms with E-state index in [0.717, 1.165) is 19.5 Å². The number of nitrogens with zero attached hydrogens (tertiary/aromatic N) is 1. The molecule has 1 N–H and O–H groups in total. The van der Waals surface area contributed by atoms with E-state index in [1.165, 1.54) is 16.7 Å². The minimum Gasteiger partial charge on any atom is -0.330 e. The first-order valence-corrected chi connectivity index (χ1v) is 8.79. The van der Waals surface area contributed by atoms with Gasteiger partial charge in [-0.3, -0.25) is 4.79 Å². The lowest BCUT2D eigenvalue weighted by Crippen LogP contribution is -2.45. The molecule has 0 aromatic heterocycles. The van der Waals surface area contributed by atoms with Gasteiger partial charge in [-0.2, -0.15) is 0 Å². The summed E-state index contributed by atoms with van der Waals surface area (Å²) in [4.78, 5) is 14.9. The highest BCUT2D eigenvalue weighted by Gasteiger charge is 2.31. The van der Waals surface area contributed by atoms with Crippen molar-refractivity contribution in [2.24, 2.45) is 5.92 Å². The number of carbonyl (C=O) groups is 1. The van der Waals surface area contributed by atoms with E-state index in [4.69, 9.17) is 0 Å². The van der Waals surface area contributed by atoms with E-state index in [1.807, 2.05) is 23.1 Å². The van der Waals surface area contributed by atoms with Crippen molar-refractivity contribution in [2.45, 2.75) is 26.3 Å². The highest BCUT2D eigenvalue weighted by molar-refractivity contribution is 5.79. The lowest BCUT2D eigenvalue weighted by Gasteiger charge is -2.38. The molecule has 0 saturated heterocycles. The maximum atomic E-state index is 12.8. The first-order chi connectivity index (χ1) is 11.7. The van der Waals surface area contributed by atoms with Gasteiger partial charge in [0.2, 0.25) is 5.91 Å². The van der Waals surface area contributed by atoms with Gasteiger partial charge in [-0.05, 0) is 35.6 Å². The smallest absolute Gasteiger partial charge is 0.237 e. The predicted molar refractivity (Wildman–Crippen MR) is 97.9 cm³/mol. The number of nitrogens with one attached hydrogen (secondary N) is 1. The quantitative estimate of drug-likeness (QED) is 0.915. The van der Waals surface area contributed by atoms with Crippen molar-refractivity contribution < 1.29 is 4.79 Å². The van der Waals surface area contributed by atoms with Crippen molar-refractivity contribution in [3.8, 4) is 0 Å². The van der Waals surface area contributed by atoms with E-state index in [-0.39, 0.29) is 11.9 Å². The summed E-state index contributed by atoms with van der Waals surface area (Å²) in [5, 5.41) is 3.29. The van der Waals surface area contributed by atoms with E-state index in [2.05, 4.69) is 55.6 Å². The van der Waals surface area contributed by atoms with Crippen LogP contribution < -0.4 is 5.32 Å². The molecule has 2 aromatic carbocycles. The molecular weight excluding hydrogens is 296 g/mol. The normalized spacial score (nSPS) is 17.0. The summed E-state index contributed by atoms with van der Waals surface area (Å²) < 4.78 is 0. The van der Waals surface area contributed by atoms with Crippen LogP contribution >= 0.6 is 0 Å². The summed E-state index contributed by atoms with van der Waals surface area (Å²) in [6.07, 6.45) is 0.926. The van der Waals surface area contributed by atoms with Crippen LogP contribution in [-0.4, -0.2) is 30.4 Å². The summed E-state index contributed by atoms with van der Waals surface area (Å²) in [5.41, 5.74) is 3.79. The molecule has 0 unspecified atom stereocenters. The van der Waals surface area contributed by atoms with Crippen molar-refractivity contribution in [2.75, 3.05) is 19.6 Å². The third-order valence-corrected chi connectivity index (χ3v) is 4.55. The van der Waals surface area contributed by atoms with E-state index < -0.39 is 0 Å². The molecule has 3 rings (SSSR count). The molecule has 1 aliphatic rings. The Morgan fingerprint density at radius 2 is 1.83 bits per heavy atom. The number of rotatable bonds is 5. The number of amides is 1. The second-order valence-corrected chi connectivity index (χ2v) is 6.87. The SMILES string of the molecule is CC(C)CNCC(=O)N1CCc2ccccc2[C@H]1c1ccccc1. The number of hydrogen-bond donors (Lipinski definition) is 1. The van der Waals surface area contributed by atoms with Crippen LogP contribution in [0, 0.1) is 5.92 Å². The van der Waals surface area contributed by atoms with Gasteiger partial charge >= 0.3 is 0 Å². The van der Waals surface area contributed by atoms with E-state index in [0.29, 0.717) is 12.5 Å². The third-order valence-electron chi connectivity index (χ3n) is 4.55. The molecule has 126 valence electrons. The molecule has 3 heteroatoms. The Labute approximate surface area is 144 Å². The fourth-order valence-electron chi connectivity index (χ4n) is 3.40. The molecule has 0 saturated carbocycles. The van der Waals surface area contributed by atoms with Crippen molar-refractivity contribution in [3.05, 3.63) is 71.3 Å². The molecule has 1 aliphatic heterocycles.